The van der Waals surface area contributed by atoms with Gasteiger partial charge < -0.3 is 24.1 Å². The Morgan fingerprint density at radius 2 is 1.86 bits per heavy atom. The molecule has 0 saturated heterocycles. The number of nitrogens with zero attached hydrogens (tertiary/aromatic N) is 3. The smallest absolute Gasteiger partial charge is 0.230 e. The number of hydrogen-bond acceptors (Lipinski definition) is 7. The van der Waals surface area contributed by atoms with Crippen molar-refractivity contribution < 1.29 is 19.0 Å². The minimum absolute atomic E-state index is 0.0579. The Kier molecular flexibility index (Phi) is 8.17. The number of amides is 1. The van der Waals surface area contributed by atoms with Crippen LogP contribution in [-0.2, 0) is 11.3 Å². The molecular formula is C26H32N4O4S. The summed E-state index contributed by atoms with van der Waals surface area (Å²) >= 11 is 1.39. The van der Waals surface area contributed by atoms with Crippen molar-refractivity contribution in [3.05, 3.63) is 48.0 Å². The molecule has 1 unspecified atom stereocenters. The molecule has 8 nitrogen and oxygen atoms in total. The lowest BCUT2D eigenvalue weighted by atomic mass is 9.95. The van der Waals surface area contributed by atoms with Crippen LogP contribution in [0.4, 0.5) is 0 Å². The van der Waals surface area contributed by atoms with Crippen LogP contribution < -0.4 is 19.5 Å². The summed E-state index contributed by atoms with van der Waals surface area (Å²) in [6.45, 7) is 8.20. The van der Waals surface area contributed by atoms with Gasteiger partial charge in [0, 0.05) is 18.5 Å². The van der Waals surface area contributed by atoms with Crippen LogP contribution in [-0.4, -0.2) is 46.7 Å². The number of nitrogens with one attached hydrogen (secondary N) is 1. The van der Waals surface area contributed by atoms with Crippen molar-refractivity contribution in [1.82, 2.24) is 20.1 Å². The molecule has 9 heteroatoms. The number of ether oxygens (including phenoxy) is 3. The molecule has 0 saturated carbocycles. The lowest BCUT2D eigenvalue weighted by Crippen LogP contribution is -2.33. The summed E-state index contributed by atoms with van der Waals surface area (Å²) in [7, 11) is 1.64. The van der Waals surface area contributed by atoms with Crippen LogP contribution in [0.3, 0.4) is 0 Å². The first-order chi connectivity index (χ1) is 17.0. The van der Waals surface area contributed by atoms with E-state index in [0.29, 0.717) is 24.9 Å². The van der Waals surface area contributed by atoms with Crippen LogP contribution in [0.1, 0.15) is 38.8 Å². The van der Waals surface area contributed by atoms with Crippen LogP contribution in [0.25, 0.3) is 11.4 Å². The van der Waals surface area contributed by atoms with E-state index in [0.717, 1.165) is 40.6 Å². The maximum atomic E-state index is 12.9. The molecule has 0 bridgehead atoms. The molecule has 186 valence electrons. The molecule has 2 heterocycles. The van der Waals surface area contributed by atoms with E-state index < -0.39 is 0 Å². The van der Waals surface area contributed by atoms with E-state index in [1.807, 2.05) is 54.0 Å². The zero-order valence-electron chi connectivity index (χ0n) is 20.6. The minimum atomic E-state index is -0.140. The summed E-state index contributed by atoms with van der Waals surface area (Å²) in [6, 6.07) is 13.5. The summed E-state index contributed by atoms with van der Waals surface area (Å²) in [5.74, 6) is 3.43. The van der Waals surface area contributed by atoms with E-state index in [1.165, 1.54) is 11.8 Å². The van der Waals surface area contributed by atoms with Crippen LogP contribution in [0.2, 0.25) is 0 Å². The molecule has 35 heavy (non-hydrogen) atoms. The largest absolute Gasteiger partial charge is 0.497 e. The van der Waals surface area contributed by atoms with Gasteiger partial charge in [0.05, 0.1) is 32.1 Å². The molecule has 4 rings (SSSR count). The summed E-state index contributed by atoms with van der Waals surface area (Å²) in [5.41, 5.74) is 1.95. The molecule has 1 aliphatic heterocycles. The maximum absolute atomic E-state index is 12.9. The number of rotatable bonds is 9. The fraction of sp³-hybridized carbons (Fsp3) is 0.423. The van der Waals surface area contributed by atoms with Crippen molar-refractivity contribution in [3.63, 3.8) is 0 Å². The van der Waals surface area contributed by atoms with Crippen molar-refractivity contribution in [2.24, 2.45) is 5.92 Å². The number of thioether (sulfide) groups is 1. The monoisotopic (exact) mass is 496 g/mol. The highest BCUT2D eigenvalue weighted by atomic mass is 32.2. The molecule has 0 radical (unpaired) electrons. The molecule has 1 aromatic heterocycles. The van der Waals surface area contributed by atoms with Crippen molar-refractivity contribution in [2.75, 3.05) is 26.1 Å². The van der Waals surface area contributed by atoms with E-state index in [-0.39, 0.29) is 23.6 Å². The average Bonchev–Trinajstić information content (AvgIpc) is 3.14. The van der Waals surface area contributed by atoms with Crippen LogP contribution >= 0.6 is 11.8 Å². The Morgan fingerprint density at radius 3 is 2.54 bits per heavy atom. The summed E-state index contributed by atoms with van der Waals surface area (Å²) in [6.07, 6.45) is 0.855. The van der Waals surface area contributed by atoms with Crippen molar-refractivity contribution in [2.45, 2.75) is 44.9 Å². The molecule has 3 aromatic rings. The Hall–Kier alpha value is -3.20. The van der Waals surface area contributed by atoms with Crippen molar-refractivity contribution in [3.8, 4) is 28.6 Å². The fourth-order valence-electron chi connectivity index (χ4n) is 3.99. The SMILES string of the molecule is CCn1c(SCC(=O)NC(c2ccc3c(c2)OCCCO3)C(C)C)nnc1-c1ccc(OC)cc1. The van der Waals surface area contributed by atoms with Gasteiger partial charge >= 0.3 is 0 Å². The van der Waals surface area contributed by atoms with Gasteiger partial charge in [-0.15, -0.1) is 10.2 Å². The molecule has 1 amide bonds. The third-order valence-corrected chi connectivity index (χ3v) is 6.79. The predicted octanol–water partition coefficient (Wildman–Crippen LogP) is 4.74. The van der Waals surface area contributed by atoms with Crippen LogP contribution in [0.15, 0.2) is 47.6 Å². The van der Waals surface area contributed by atoms with E-state index in [1.54, 1.807) is 7.11 Å². The first-order valence-electron chi connectivity index (χ1n) is 11.9. The predicted molar refractivity (Wildman–Crippen MR) is 136 cm³/mol. The second-order valence-corrected chi connectivity index (χ2v) is 9.56. The van der Waals surface area contributed by atoms with Crippen LogP contribution in [0.5, 0.6) is 17.2 Å². The highest BCUT2D eigenvalue weighted by molar-refractivity contribution is 7.99. The zero-order valence-corrected chi connectivity index (χ0v) is 21.4. The second kappa shape index (κ2) is 11.5. The standard InChI is InChI=1S/C26H32N4O4S/c1-5-30-25(18-7-10-20(32-4)11-8-18)28-29-26(30)35-16-23(31)27-24(17(2)3)19-9-12-21-22(15-19)34-14-6-13-33-21/h7-12,15,17,24H,5-6,13-14,16H2,1-4H3,(H,27,31). The molecule has 1 atom stereocenters. The lowest BCUT2D eigenvalue weighted by Gasteiger charge is -2.24. The van der Waals surface area contributed by atoms with Gasteiger partial charge in [-0.3, -0.25) is 4.79 Å². The molecular weight excluding hydrogens is 464 g/mol. The first kappa shape index (κ1) is 24.9. The van der Waals surface area contributed by atoms with Gasteiger partial charge in [0.15, 0.2) is 22.5 Å². The number of carbonyl (C=O) groups excluding carboxylic acids is 1. The van der Waals surface area contributed by atoms with Gasteiger partial charge in [-0.1, -0.05) is 31.7 Å². The third kappa shape index (κ3) is 5.90. The molecule has 2 aromatic carbocycles. The summed E-state index contributed by atoms with van der Waals surface area (Å²) in [5, 5.41) is 12.6. The van der Waals surface area contributed by atoms with Crippen molar-refractivity contribution >= 4 is 17.7 Å². The number of fused-ring (bicyclic) bond motifs is 1. The van der Waals surface area contributed by atoms with E-state index >= 15 is 0 Å². The summed E-state index contributed by atoms with van der Waals surface area (Å²) in [4.78, 5) is 12.9. The number of aromatic nitrogens is 3. The zero-order chi connectivity index (χ0) is 24.8. The highest BCUT2D eigenvalue weighted by Gasteiger charge is 2.22. The number of methoxy groups -OCH3 is 1. The summed E-state index contributed by atoms with van der Waals surface area (Å²) < 4.78 is 18.8. The second-order valence-electron chi connectivity index (χ2n) is 8.61. The Balaban J connectivity index is 1.43. The molecule has 1 aliphatic rings. The topological polar surface area (TPSA) is 87.5 Å². The van der Waals surface area contributed by atoms with E-state index in [2.05, 4.69) is 29.4 Å². The number of benzene rings is 2. The normalized spacial score (nSPS) is 13.9. The highest BCUT2D eigenvalue weighted by Crippen LogP contribution is 2.34. The van der Waals surface area contributed by atoms with Gasteiger partial charge in [0.25, 0.3) is 0 Å². The van der Waals surface area contributed by atoms with E-state index in [9.17, 15) is 4.79 Å². The Morgan fingerprint density at radius 1 is 1.11 bits per heavy atom. The number of hydrogen-bond donors (Lipinski definition) is 1. The molecule has 1 N–H and O–H groups in total. The van der Waals surface area contributed by atoms with Crippen molar-refractivity contribution in [1.29, 1.82) is 0 Å². The third-order valence-electron chi connectivity index (χ3n) is 5.83. The van der Waals surface area contributed by atoms with Gasteiger partial charge in [0.2, 0.25) is 5.91 Å². The lowest BCUT2D eigenvalue weighted by molar-refractivity contribution is -0.119. The Bertz CT molecular complexity index is 1150. The van der Waals surface area contributed by atoms with E-state index in [4.69, 9.17) is 14.2 Å². The molecule has 0 fully saturated rings. The maximum Gasteiger partial charge on any atom is 0.230 e. The average molecular weight is 497 g/mol. The van der Waals surface area contributed by atoms with Crippen LogP contribution in [0, 0.1) is 5.92 Å². The van der Waals surface area contributed by atoms with Gasteiger partial charge in [-0.25, -0.2) is 0 Å². The minimum Gasteiger partial charge on any atom is -0.497 e. The fourth-order valence-corrected chi connectivity index (χ4v) is 4.80. The first-order valence-corrected chi connectivity index (χ1v) is 12.9. The molecule has 0 aliphatic carbocycles. The number of carbonyl (C=O) groups is 1. The van der Waals surface area contributed by atoms with Gasteiger partial charge in [-0.2, -0.15) is 0 Å². The molecule has 0 spiro atoms. The Labute approximate surface area is 210 Å². The quantitative estimate of drug-likeness (QED) is 0.428. The van der Waals surface area contributed by atoms with Gasteiger partial charge in [0.1, 0.15) is 5.75 Å². The van der Waals surface area contributed by atoms with Gasteiger partial charge in [-0.05, 0) is 54.8 Å².